The van der Waals surface area contributed by atoms with Crippen molar-refractivity contribution < 1.29 is 9.53 Å². The highest BCUT2D eigenvalue weighted by Gasteiger charge is 2.08. The molecule has 106 valence electrons. The van der Waals surface area contributed by atoms with E-state index in [0.717, 1.165) is 12.2 Å². The molecule has 1 N–H and O–H groups in total. The van der Waals surface area contributed by atoms with E-state index in [-0.39, 0.29) is 6.03 Å². The van der Waals surface area contributed by atoms with Crippen LogP contribution < -0.4 is 10.2 Å². The molecule has 5 nitrogen and oxygen atoms in total. The van der Waals surface area contributed by atoms with Gasteiger partial charge in [0.05, 0.1) is 6.61 Å². The van der Waals surface area contributed by atoms with Gasteiger partial charge in [-0.15, -0.1) is 0 Å². The van der Waals surface area contributed by atoms with Crippen molar-refractivity contribution in [2.45, 2.75) is 0 Å². The SMILES string of the molecule is COCCNC(=O)N(C)CCN(C)c1ccccc1. The second kappa shape index (κ2) is 8.37. The van der Waals surface area contributed by atoms with Gasteiger partial charge in [0.15, 0.2) is 0 Å². The highest BCUT2D eigenvalue weighted by atomic mass is 16.5. The largest absolute Gasteiger partial charge is 0.383 e. The second-order valence-electron chi connectivity index (χ2n) is 4.40. The van der Waals surface area contributed by atoms with Crippen LogP contribution in [0.4, 0.5) is 10.5 Å². The number of nitrogens with one attached hydrogen (secondary N) is 1. The Labute approximate surface area is 115 Å². The Morgan fingerprint density at radius 1 is 1.21 bits per heavy atom. The van der Waals surface area contributed by atoms with E-state index >= 15 is 0 Å². The minimum atomic E-state index is -0.0708. The summed E-state index contributed by atoms with van der Waals surface area (Å²) in [5.41, 5.74) is 1.15. The van der Waals surface area contributed by atoms with Gasteiger partial charge in [-0.2, -0.15) is 0 Å². The molecule has 0 unspecified atom stereocenters. The van der Waals surface area contributed by atoms with Crippen molar-refractivity contribution in [3.8, 4) is 0 Å². The standard InChI is InChI=1S/C14H23N3O2/c1-16(13-7-5-4-6-8-13)10-11-17(2)14(18)15-9-12-19-3/h4-8H,9-12H2,1-3H3,(H,15,18). The van der Waals surface area contributed by atoms with E-state index in [1.807, 2.05) is 25.2 Å². The first-order chi connectivity index (χ1) is 9.15. The minimum Gasteiger partial charge on any atom is -0.383 e. The Morgan fingerprint density at radius 2 is 1.89 bits per heavy atom. The Balaban J connectivity index is 2.29. The van der Waals surface area contributed by atoms with Gasteiger partial charge in [-0.25, -0.2) is 4.79 Å². The second-order valence-corrected chi connectivity index (χ2v) is 4.40. The Hall–Kier alpha value is -1.75. The van der Waals surface area contributed by atoms with Gasteiger partial charge in [0.2, 0.25) is 0 Å². The smallest absolute Gasteiger partial charge is 0.317 e. The fourth-order valence-electron chi connectivity index (χ4n) is 1.61. The van der Waals surface area contributed by atoms with Crippen molar-refractivity contribution in [1.82, 2.24) is 10.2 Å². The van der Waals surface area contributed by atoms with E-state index in [4.69, 9.17) is 4.74 Å². The lowest BCUT2D eigenvalue weighted by Gasteiger charge is -2.24. The summed E-state index contributed by atoms with van der Waals surface area (Å²) >= 11 is 0. The molecule has 0 fully saturated rings. The number of benzene rings is 1. The first kappa shape index (κ1) is 15.3. The first-order valence-corrected chi connectivity index (χ1v) is 6.39. The fraction of sp³-hybridized carbons (Fsp3) is 0.500. The van der Waals surface area contributed by atoms with Crippen LogP contribution in [0.5, 0.6) is 0 Å². The number of methoxy groups -OCH3 is 1. The average molecular weight is 265 g/mol. The van der Waals surface area contributed by atoms with E-state index in [0.29, 0.717) is 19.7 Å². The van der Waals surface area contributed by atoms with Crippen LogP contribution in [0.15, 0.2) is 30.3 Å². The number of hydrogen-bond donors (Lipinski definition) is 1. The molecule has 1 aromatic carbocycles. The fourth-order valence-corrected chi connectivity index (χ4v) is 1.61. The lowest BCUT2D eigenvalue weighted by Crippen LogP contribution is -2.42. The topological polar surface area (TPSA) is 44.8 Å². The molecule has 0 aliphatic rings. The molecule has 0 spiro atoms. The molecule has 0 heterocycles. The van der Waals surface area contributed by atoms with Gasteiger partial charge in [0, 0.05) is 46.5 Å². The van der Waals surface area contributed by atoms with Crippen molar-refractivity contribution in [2.24, 2.45) is 0 Å². The number of amides is 2. The van der Waals surface area contributed by atoms with E-state index in [2.05, 4.69) is 22.3 Å². The molecule has 0 aliphatic carbocycles. The van der Waals surface area contributed by atoms with E-state index in [1.165, 1.54) is 0 Å². The molecule has 1 aromatic rings. The molecule has 0 aromatic heterocycles. The Morgan fingerprint density at radius 3 is 2.53 bits per heavy atom. The summed E-state index contributed by atoms with van der Waals surface area (Å²) in [6, 6.07) is 10.0. The molecule has 1 rings (SSSR count). The summed E-state index contributed by atoms with van der Waals surface area (Å²) < 4.78 is 4.89. The Bertz CT molecular complexity index is 370. The molecule has 0 aliphatic heterocycles. The van der Waals surface area contributed by atoms with Gasteiger partial charge in [0.25, 0.3) is 0 Å². The molecule has 0 saturated carbocycles. The number of anilines is 1. The molecule has 5 heteroatoms. The van der Waals surface area contributed by atoms with Gasteiger partial charge in [-0.05, 0) is 12.1 Å². The van der Waals surface area contributed by atoms with Crippen molar-refractivity contribution in [3.05, 3.63) is 30.3 Å². The van der Waals surface area contributed by atoms with Gasteiger partial charge in [-0.1, -0.05) is 18.2 Å². The van der Waals surface area contributed by atoms with Crippen LogP contribution in [0.1, 0.15) is 0 Å². The molecular formula is C14H23N3O2. The van der Waals surface area contributed by atoms with Crippen LogP contribution in [0.25, 0.3) is 0 Å². The normalized spacial score (nSPS) is 10.1. The van der Waals surface area contributed by atoms with Crippen LogP contribution in [0.2, 0.25) is 0 Å². The number of rotatable bonds is 7. The highest BCUT2D eigenvalue weighted by Crippen LogP contribution is 2.10. The van der Waals surface area contributed by atoms with Gasteiger partial charge in [-0.3, -0.25) is 0 Å². The summed E-state index contributed by atoms with van der Waals surface area (Å²) in [5.74, 6) is 0. The number of urea groups is 1. The summed E-state index contributed by atoms with van der Waals surface area (Å²) in [6.45, 7) is 2.53. The van der Waals surface area contributed by atoms with Crippen LogP contribution >= 0.6 is 0 Å². The third kappa shape index (κ3) is 5.61. The molecule has 0 radical (unpaired) electrons. The van der Waals surface area contributed by atoms with Crippen LogP contribution in [0.3, 0.4) is 0 Å². The predicted molar refractivity (Wildman–Crippen MR) is 77.6 cm³/mol. The van der Waals surface area contributed by atoms with Crippen molar-refractivity contribution >= 4 is 11.7 Å². The first-order valence-electron chi connectivity index (χ1n) is 6.39. The summed E-state index contributed by atoms with van der Waals surface area (Å²) in [5, 5.41) is 2.79. The number of likely N-dealkylation sites (N-methyl/N-ethyl adjacent to an activating group) is 2. The van der Waals surface area contributed by atoms with Crippen LogP contribution in [-0.2, 0) is 4.74 Å². The summed E-state index contributed by atoms with van der Waals surface area (Å²) in [7, 11) is 5.43. The molecule has 19 heavy (non-hydrogen) atoms. The number of nitrogens with zero attached hydrogens (tertiary/aromatic N) is 2. The summed E-state index contributed by atoms with van der Waals surface area (Å²) in [4.78, 5) is 15.5. The monoisotopic (exact) mass is 265 g/mol. The zero-order valence-electron chi connectivity index (χ0n) is 11.9. The van der Waals surface area contributed by atoms with E-state index in [9.17, 15) is 4.79 Å². The maximum atomic E-state index is 11.7. The van der Waals surface area contributed by atoms with Crippen molar-refractivity contribution in [1.29, 1.82) is 0 Å². The minimum absolute atomic E-state index is 0.0708. The van der Waals surface area contributed by atoms with Crippen LogP contribution in [-0.4, -0.2) is 58.4 Å². The predicted octanol–water partition coefficient (Wildman–Crippen LogP) is 1.41. The number of hydrogen-bond acceptors (Lipinski definition) is 3. The maximum Gasteiger partial charge on any atom is 0.317 e. The molecule has 0 atom stereocenters. The molecule has 2 amide bonds. The van der Waals surface area contributed by atoms with Gasteiger partial charge < -0.3 is 19.9 Å². The quantitative estimate of drug-likeness (QED) is 0.758. The third-order valence-corrected chi connectivity index (χ3v) is 2.90. The van der Waals surface area contributed by atoms with Gasteiger partial charge >= 0.3 is 6.03 Å². The van der Waals surface area contributed by atoms with Crippen LogP contribution in [0, 0.1) is 0 Å². The maximum absolute atomic E-state index is 11.7. The van der Waals surface area contributed by atoms with E-state index < -0.39 is 0 Å². The average Bonchev–Trinajstić information content (AvgIpc) is 2.45. The molecule has 0 saturated heterocycles. The zero-order valence-corrected chi connectivity index (χ0v) is 11.9. The lowest BCUT2D eigenvalue weighted by molar-refractivity contribution is 0.185. The number of para-hydroxylation sites is 1. The van der Waals surface area contributed by atoms with Gasteiger partial charge in [0.1, 0.15) is 0 Å². The number of carbonyl (C=O) groups excluding carboxylic acids is 1. The Kier molecular flexibility index (Phi) is 6.74. The lowest BCUT2D eigenvalue weighted by atomic mass is 10.3. The molecular weight excluding hydrogens is 242 g/mol. The van der Waals surface area contributed by atoms with E-state index in [1.54, 1.807) is 19.1 Å². The molecule has 0 bridgehead atoms. The van der Waals surface area contributed by atoms with Crippen molar-refractivity contribution in [2.75, 3.05) is 52.3 Å². The highest BCUT2D eigenvalue weighted by molar-refractivity contribution is 5.73. The zero-order chi connectivity index (χ0) is 14.1. The number of ether oxygens (including phenoxy) is 1. The third-order valence-electron chi connectivity index (χ3n) is 2.90. The van der Waals surface area contributed by atoms with Crippen molar-refractivity contribution in [3.63, 3.8) is 0 Å². The number of carbonyl (C=O) groups is 1. The summed E-state index contributed by atoms with van der Waals surface area (Å²) in [6.07, 6.45) is 0.